The van der Waals surface area contributed by atoms with Gasteiger partial charge in [0.2, 0.25) is 17.7 Å². The van der Waals surface area contributed by atoms with E-state index in [1.54, 1.807) is 28.7 Å². The second-order valence-electron chi connectivity index (χ2n) is 17.9. The van der Waals surface area contributed by atoms with Gasteiger partial charge in [0, 0.05) is 101 Å². The molecule has 3 saturated heterocycles. The number of fused-ring (bicyclic) bond motifs is 2. The lowest BCUT2D eigenvalue weighted by Gasteiger charge is -2.37. The molecule has 1 atom stereocenters. The second kappa shape index (κ2) is 17.9. The van der Waals surface area contributed by atoms with Crippen LogP contribution in [0.15, 0.2) is 84.1 Å². The first-order valence-corrected chi connectivity index (χ1v) is 22.9. The van der Waals surface area contributed by atoms with Crippen LogP contribution in [0.4, 0.5) is 5.82 Å². The Morgan fingerprint density at radius 2 is 1.63 bits per heavy atom. The van der Waals surface area contributed by atoms with E-state index in [9.17, 15) is 24.0 Å². The van der Waals surface area contributed by atoms with Crippen molar-refractivity contribution in [1.82, 2.24) is 54.1 Å². The van der Waals surface area contributed by atoms with E-state index in [0.717, 1.165) is 110 Å². The van der Waals surface area contributed by atoms with E-state index < -0.39 is 11.9 Å². The van der Waals surface area contributed by atoms with Crippen molar-refractivity contribution in [3.8, 4) is 11.1 Å². The molecule has 4 aromatic heterocycles. The maximum atomic E-state index is 13.7. The Labute approximate surface area is 375 Å². The summed E-state index contributed by atoms with van der Waals surface area (Å²) in [5.74, 6) is 0.931. The number of aromatic amines is 1. The smallest absolute Gasteiger partial charge is 0.329 e. The first kappa shape index (κ1) is 42.1. The number of carbonyl (C=O) groups is 4. The monoisotopic (exact) mass is 878 g/mol. The number of piperazine rings is 1. The van der Waals surface area contributed by atoms with Crippen LogP contribution < -0.4 is 15.9 Å². The quantitative estimate of drug-likeness (QED) is 0.179. The number of nitrogens with one attached hydrogen (secondary N) is 2. The van der Waals surface area contributed by atoms with Crippen LogP contribution in [0.3, 0.4) is 0 Å². The standard InChI is InChI=1S/C48H54N12O5/c1-54-42-29-34(6-8-40(42)60(48(54)65)41-9-11-44(61)52-46(41)63)36-7-10-43(49-30-36)56-25-23-55(24-26-56)18-12-32-13-19-57(20-14-32)47(64)39-28-35-5-4-33(27-38(35)51-39)37-3-2-17-58(31-37)45(62)15-21-59-22-16-50-53-59/h3-8,10,16,22,27-30,32,41,51H,2,9,11-15,17-21,23-26,31H2,1H3,(H,52,61,63). The molecule has 6 aromatic rings. The number of rotatable bonds is 11. The molecule has 17 nitrogen and oxygen atoms in total. The lowest BCUT2D eigenvalue weighted by molar-refractivity contribution is -0.136. The molecule has 0 radical (unpaired) electrons. The molecule has 0 aliphatic carbocycles. The zero-order valence-electron chi connectivity index (χ0n) is 36.7. The van der Waals surface area contributed by atoms with E-state index in [4.69, 9.17) is 4.98 Å². The van der Waals surface area contributed by atoms with Crippen molar-refractivity contribution in [2.75, 3.05) is 63.8 Å². The van der Waals surface area contributed by atoms with Crippen molar-refractivity contribution < 1.29 is 19.2 Å². The number of imide groups is 1. The summed E-state index contributed by atoms with van der Waals surface area (Å²) >= 11 is 0. The van der Waals surface area contributed by atoms with Crippen LogP contribution in [0.2, 0.25) is 0 Å². The van der Waals surface area contributed by atoms with Crippen LogP contribution in [0.25, 0.3) is 38.6 Å². The number of piperidine rings is 2. The van der Waals surface area contributed by atoms with Crippen molar-refractivity contribution >= 4 is 57.0 Å². The predicted molar refractivity (Wildman–Crippen MR) is 246 cm³/mol. The number of amides is 4. The van der Waals surface area contributed by atoms with Gasteiger partial charge in [0.1, 0.15) is 17.6 Å². The highest BCUT2D eigenvalue weighted by atomic mass is 16.2. The Kier molecular flexibility index (Phi) is 11.6. The number of carbonyl (C=O) groups excluding carboxylic acids is 4. The summed E-state index contributed by atoms with van der Waals surface area (Å²) in [6.07, 6.45) is 12.3. The molecule has 2 aromatic carbocycles. The number of nitrogens with zero attached hydrogens (tertiary/aromatic N) is 10. The highest BCUT2D eigenvalue weighted by Crippen LogP contribution is 2.30. The minimum Gasteiger partial charge on any atom is -0.354 e. The van der Waals surface area contributed by atoms with Gasteiger partial charge in [-0.3, -0.25) is 43.2 Å². The van der Waals surface area contributed by atoms with Gasteiger partial charge < -0.3 is 19.7 Å². The SMILES string of the molecule is Cn1c(=O)n(C2CCC(=O)NC2=O)c2ccc(-c3ccc(N4CCN(CCC5CCN(C(=O)c6cc7ccc(C8=CCCN(C(=O)CCn9ccnn9)C8)cc7[nH]6)CC5)CC4)nc3)cc21. The summed E-state index contributed by atoms with van der Waals surface area (Å²) in [5.41, 5.74) is 6.67. The molecule has 2 N–H and O–H groups in total. The molecular formula is C48H54N12O5. The first-order valence-electron chi connectivity index (χ1n) is 22.9. The molecule has 0 saturated carbocycles. The minimum absolute atomic E-state index is 0.0507. The van der Waals surface area contributed by atoms with E-state index in [-0.39, 0.29) is 29.8 Å². The van der Waals surface area contributed by atoms with Gasteiger partial charge in [0.05, 0.1) is 23.8 Å². The maximum absolute atomic E-state index is 13.7. The van der Waals surface area contributed by atoms with Gasteiger partial charge in [-0.2, -0.15) is 0 Å². The fraction of sp³-hybridized carbons (Fsp3) is 0.417. The summed E-state index contributed by atoms with van der Waals surface area (Å²) in [7, 11) is 1.70. The van der Waals surface area contributed by atoms with E-state index in [1.165, 1.54) is 4.57 Å². The lowest BCUT2D eigenvalue weighted by atomic mass is 9.93. The van der Waals surface area contributed by atoms with Crippen LogP contribution in [0.5, 0.6) is 0 Å². The molecule has 0 bridgehead atoms. The highest BCUT2D eigenvalue weighted by Gasteiger charge is 2.32. The van der Waals surface area contributed by atoms with E-state index in [0.29, 0.717) is 55.1 Å². The maximum Gasteiger partial charge on any atom is 0.329 e. The number of imidazole rings is 1. The van der Waals surface area contributed by atoms with E-state index in [2.05, 4.69) is 66.8 Å². The van der Waals surface area contributed by atoms with E-state index >= 15 is 0 Å². The fourth-order valence-electron chi connectivity index (χ4n) is 10.0. The Hall–Kier alpha value is -6.88. The first-order chi connectivity index (χ1) is 31.6. The van der Waals surface area contributed by atoms with Gasteiger partial charge in [-0.1, -0.05) is 29.5 Å². The third kappa shape index (κ3) is 8.71. The Morgan fingerprint density at radius 1 is 0.815 bits per heavy atom. The average molecular weight is 879 g/mol. The Morgan fingerprint density at radius 3 is 2.40 bits per heavy atom. The molecular weight excluding hydrogens is 825 g/mol. The van der Waals surface area contributed by atoms with Gasteiger partial charge in [0.25, 0.3) is 5.91 Å². The van der Waals surface area contributed by atoms with Gasteiger partial charge in [-0.15, -0.1) is 5.10 Å². The summed E-state index contributed by atoms with van der Waals surface area (Å²) in [4.78, 5) is 81.2. The molecule has 1 unspecified atom stereocenters. The number of hydrogen-bond donors (Lipinski definition) is 2. The van der Waals surface area contributed by atoms with Crippen LogP contribution in [-0.4, -0.2) is 131 Å². The van der Waals surface area contributed by atoms with Crippen LogP contribution in [0, 0.1) is 5.92 Å². The van der Waals surface area contributed by atoms with Crippen molar-refractivity contribution in [1.29, 1.82) is 0 Å². The molecule has 10 rings (SSSR count). The Bertz CT molecular complexity index is 2840. The minimum atomic E-state index is -0.718. The Balaban J connectivity index is 0.675. The topological polar surface area (TPSA) is 180 Å². The third-order valence-corrected chi connectivity index (χ3v) is 13.9. The number of benzene rings is 2. The molecule has 4 amide bonds. The van der Waals surface area contributed by atoms with Gasteiger partial charge in [-0.25, -0.2) is 9.78 Å². The number of pyridine rings is 1. The number of anilines is 1. The molecule has 4 aliphatic rings. The van der Waals surface area contributed by atoms with Gasteiger partial charge >= 0.3 is 5.69 Å². The predicted octanol–water partition coefficient (Wildman–Crippen LogP) is 4.22. The fourth-order valence-corrected chi connectivity index (χ4v) is 10.0. The number of aromatic nitrogens is 7. The van der Waals surface area contributed by atoms with E-state index in [1.807, 2.05) is 40.3 Å². The number of hydrogen-bond acceptors (Lipinski definition) is 10. The number of H-pyrrole nitrogens is 1. The number of likely N-dealkylation sites (tertiary alicyclic amines) is 1. The molecule has 0 spiro atoms. The zero-order valence-corrected chi connectivity index (χ0v) is 36.7. The molecule has 4 aliphatic heterocycles. The lowest BCUT2D eigenvalue weighted by Crippen LogP contribution is -2.47. The second-order valence-corrected chi connectivity index (χ2v) is 17.9. The molecule has 8 heterocycles. The average Bonchev–Trinajstić information content (AvgIpc) is 4.09. The van der Waals surface area contributed by atoms with Gasteiger partial charge in [-0.05, 0) is 97.7 Å². The van der Waals surface area contributed by atoms with Crippen molar-refractivity contribution in [2.24, 2.45) is 13.0 Å². The van der Waals surface area contributed by atoms with Crippen LogP contribution >= 0.6 is 0 Å². The largest absolute Gasteiger partial charge is 0.354 e. The van der Waals surface area contributed by atoms with Crippen molar-refractivity contribution in [2.45, 2.75) is 57.5 Å². The third-order valence-electron chi connectivity index (χ3n) is 13.9. The highest BCUT2D eigenvalue weighted by molar-refractivity contribution is 6.00. The molecule has 3 fully saturated rings. The molecule has 65 heavy (non-hydrogen) atoms. The molecule has 336 valence electrons. The van der Waals surface area contributed by atoms with Gasteiger partial charge in [0.15, 0.2) is 0 Å². The summed E-state index contributed by atoms with van der Waals surface area (Å²) in [5, 5.41) is 11.1. The summed E-state index contributed by atoms with van der Waals surface area (Å²) in [6, 6.07) is 17.4. The van der Waals surface area contributed by atoms with Crippen LogP contribution in [0.1, 0.15) is 67.0 Å². The van der Waals surface area contributed by atoms with Crippen molar-refractivity contribution in [3.63, 3.8) is 0 Å². The van der Waals surface area contributed by atoms with Crippen LogP contribution in [-0.2, 0) is 28.0 Å². The number of aryl methyl sites for hydroxylation is 2. The summed E-state index contributed by atoms with van der Waals surface area (Å²) in [6.45, 7) is 8.07. The molecule has 17 heteroatoms. The zero-order chi connectivity index (χ0) is 44.6. The summed E-state index contributed by atoms with van der Waals surface area (Å²) < 4.78 is 4.73. The van der Waals surface area contributed by atoms with Crippen molar-refractivity contribution in [3.05, 3.63) is 101 Å². The normalized spacial score (nSPS) is 19.0.